The van der Waals surface area contributed by atoms with Crippen molar-refractivity contribution in [2.24, 2.45) is 5.92 Å². The second-order valence-corrected chi connectivity index (χ2v) is 6.66. The van der Waals surface area contributed by atoms with E-state index in [-0.39, 0.29) is 12.6 Å². The van der Waals surface area contributed by atoms with Crippen molar-refractivity contribution in [3.63, 3.8) is 0 Å². The highest BCUT2D eigenvalue weighted by molar-refractivity contribution is 5.69. The van der Waals surface area contributed by atoms with Crippen LogP contribution in [-0.4, -0.2) is 65.3 Å². The minimum absolute atomic E-state index is 0.0784. The third kappa shape index (κ3) is 6.80. The first-order chi connectivity index (χ1) is 9.71. The summed E-state index contributed by atoms with van der Waals surface area (Å²) in [5, 5.41) is 8.87. The van der Waals surface area contributed by atoms with Gasteiger partial charge in [0.2, 0.25) is 0 Å². The Bertz CT molecular complexity index is 365. The number of aliphatic carboxylic acids is 1. The molecule has 1 N–H and O–H groups in total. The number of likely N-dealkylation sites (tertiary alicyclic amines) is 1. The van der Waals surface area contributed by atoms with Crippen molar-refractivity contribution in [2.75, 3.05) is 32.7 Å². The third-order valence-electron chi connectivity index (χ3n) is 3.47. The maximum Gasteiger partial charge on any atom is 0.410 e. The number of hydrogen-bond donors (Lipinski definition) is 1. The van der Waals surface area contributed by atoms with Crippen LogP contribution in [0.1, 0.15) is 40.5 Å². The highest BCUT2D eigenvalue weighted by atomic mass is 16.6. The van der Waals surface area contributed by atoms with Gasteiger partial charge in [-0.2, -0.15) is 0 Å². The standard InChI is InChI=1S/C15H28N2O4/c1-5-17(14(20)21-15(2,3)4)10-12-7-6-8-16(9-12)11-13(18)19/h12H,5-11H2,1-4H3,(H,18,19)/t12-/m0/s1. The summed E-state index contributed by atoms with van der Waals surface area (Å²) >= 11 is 0. The summed E-state index contributed by atoms with van der Waals surface area (Å²) in [7, 11) is 0. The molecule has 0 aromatic carbocycles. The summed E-state index contributed by atoms with van der Waals surface area (Å²) in [6.07, 6.45) is 1.71. The van der Waals surface area contributed by atoms with E-state index in [0.29, 0.717) is 19.0 Å². The molecule has 0 aromatic rings. The number of carbonyl (C=O) groups is 2. The van der Waals surface area contributed by atoms with Gasteiger partial charge in [-0.15, -0.1) is 0 Å². The molecule has 1 heterocycles. The molecule has 0 aromatic heterocycles. The fourth-order valence-electron chi connectivity index (χ4n) is 2.61. The van der Waals surface area contributed by atoms with Crippen LogP contribution in [0.2, 0.25) is 0 Å². The number of carbonyl (C=O) groups excluding carboxylic acids is 1. The maximum atomic E-state index is 12.1. The molecule has 1 aliphatic heterocycles. The van der Waals surface area contributed by atoms with Gasteiger partial charge in [0.1, 0.15) is 5.60 Å². The molecule has 0 unspecified atom stereocenters. The monoisotopic (exact) mass is 300 g/mol. The Labute approximate surface area is 127 Å². The molecular formula is C15H28N2O4. The minimum Gasteiger partial charge on any atom is -0.480 e. The van der Waals surface area contributed by atoms with E-state index >= 15 is 0 Å². The predicted molar refractivity (Wildman–Crippen MR) is 80.3 cm³/mol. The SMILES string of the molecule is CCN(C[C@H]1CCCN(CC(=O)O)C1)C(=O)OC(C)(C)C. The summed E-state index contributed by atoms with van der Waals surface area (Å²) in [5.74, 6) is -0.485. The van der Waals surface area contributed by atoms with Crippen molar-refractivity contribution in [3.8, 4) is 0 Å². The van der Waals surface area contributed by atoms with E-state index in [2.05, 4.69) is 0 Å². The van der Waals surface area contributed by atoms with E-state index in [4.69, 9.17) is 9.84 Å². The van der Waals surface area contributed by atoms with Crippen molar-refractivity contribution in [2.45, 2.75) is 46.1 Å². The fourth-order valence-corrected chi connectivity index (χ4v) is 2.61. The van der Waals surface area contributed by atoms with E-state index in [1.807, 2.05) is 32.6 Å². The fraction of sp³-hybridized carbons (Fsp3) is 0.867. The van der Waals surface area contributed by atoms with Gasteiger partial charge in [0.25, 0.3) is 0 Å². The molecule has 122 valence electrons. The number of carboxylic acids is 1. The van der Waals surface area contributed by atoms with Crippen molar-refractivity contribution < 1.29 is 19.4 Å². The van der Waals surface area contributed by atoms with Crippen LogP contribution in [0, 0.1) is 5.92 Å². The topological polar surface area (TPSA) is 70.1 Å². The molecule has 21 heavy (non-hydrogen) atoms. The molecule has 6 heteroatoms. The molecule has 1 amide bonds. The van der Waals surface area contributed by atoms with Crippen molar-refractivity contribution in [1.82, 2.24) is 9.80 Å². The molecule has 6 nitrogen and oxygen atoms in total. The largest absolute Gasteiger partial charge is 0.480 e. The lowest BCUT2D eigenvalue weighted by atomic mass is 9.97. The van der Waals surface area contributed by atoms with Crippen LogP contribution in [-0.2, 0) is 9.53 Å². The Hall–Kier alpha value is -1.30. The first-order valence-electron chi connectivity index (χ1n) is 7.63. The molecule has 0 saturated carbocycles. The highest BCUT2D eigenvalue weighted by Crippen LogP contribution is 2.19. The first kappa shape index (κ1) is 17.8. The Morgan fingerprint density at radius 3 is 2.57 bits per heavy atom. The number of nitrogens with zero attached hydrogens (tertiary/aromatic N) is 2. The van der Waals surface area contributed by atoms with Crippen LogP contribution in [0.25, 0.3) is 0 Å². The molecule has 1 atom stereocenters. The van der Waals surface area contributed by atoms with Gasteiger partial charge in [0, 0.05) is 19.6 Å². The maximum absolute atomic E-state index is 12.1. The van der Waals surface area contributed by atoms with Crippen LogP contribution in [0.15, 0.2) is 0 Å². The van der Waals surface area contributed by atoms with Crippen LogP contribution >= 0.6 is 0 Å². The van der Waals surface area contributed by atoms with Gasteiger partial charge in [0.05, 0.1) is 6.54 Å². The van der Waals surface area contributed by atoms with Crippen LogP contribution in [0.5, 0.6) is 0 Å². The zero-order valence-electron chi connectivity index (χ0n) is 13.6. The minimum atomic E-state index is -0.796. The van der Waals surface area contributed by atoms with Gasteiger partial charge in [-0.1, -0.05) is 0 Å². The quantitative estimate of drug-likeness (QED) is 0.841. The molecule has 1 fully saturated rings. The summed E-state index contributed by atoms with van der Waals surface area (Å²) in [5.41, 5.74) is -0.494. The second kappa shape index (κ2) is 7.64. The lowest BCUT2D eigenvalue weighted by Crippen LogP contribution is -2.45. The number of ether oxygens (including phenoxy) is 1. The summed E-state index contributed by atoms with van der Waals surface area (Å²) in [4.78, 5) is 26.6. The van der Waals surface area contributed by atoms with Gasteiger partial charge in [-0.05, 0) is 53.0 Å². The Morgan fingerprint density at radius 1 is 1.38 bits per heavy atom. The molecule has 1 rings (SSSR count). The van der Waals surface area contributed by atoms with Crippen molar-refractivity contribution >= 4 is 12.1 Å². The van der Waals surface area contributed by atoms with Crippen molar-refractivity contribution in [1.29, 1.82) is 0 Å². The van der Waals surface area contributed by atoms with Gasteiger partial charge < -0.3 is 14.7 Å². The van der Waals surface area contributed by atoms with Crippen LogP contribution < -0.4 is 0 Å². The lowest BCUT2D eigenvalue weighted by Gasteiger charge is -2.35. The zero-order valence-corrected chi connectivity index (χ0v) is 13.6. The number of piperidine rings is 1. The van der Waals surface area contributed by atoms with E-state index < -0.39 is 11.6 Å². The third-order valence-corrected chi connectivity index (χ3v) is 3.47. The molecule has 0 spiro atoms. The molecule has 1 aliphatic rings. The van der Waals surface area contributed by atoms with Gasteiger partial charge in [-0.25, -0.2) is 4.79 Å². The Morgan fingerprint density at radius 2 is 2.05 bits per heavy atom. The lowest BCUT2D eigenvalue weighted by molar-refractivity contribution is -0.138. The highest BCUT2D eigenvalue weighted by Gasteiger charge is 2.27. The Balaban J connectivity index is 2.52. The summed E-state index contributed by atoms with van der Waals surface area (Å²) in [6.45, 7) is 10.4. The van der Waals surface area contributed by atoms with Gasteiger partial charge >= 0.3 is 12.1 Å². The zero-order chi connectivity index (χ0) is 16.0. The summed E-state index contributed by atoms with van der Waals surface area (Å²) in [6, 6.07) is 0. The number of rotatable bonds is 5. The molecule has 1 saturated heterocycles. The van der Waals surface area contributed by atoms with Crippen LogP contribution in [0.3, 0.4) is 0 Å². The van der Waals surface area contributed by atoms with Crippen LogP contribution in [0.4, 0.5) is 4.79 Å². The molecule has 0 aliphatic carbocycles. The van der Waals surface area contributed by atoms with E-state index in [0.717, 1.165) is 25.9 Å². The van der Waals surface area contributed by atoms with E-state index in [1.165, 1.54) is 0 Å². The van der Waals surface area contributed by atoms with E-state index in [1.54, 1.807) is 4.90 Å². The van der Waals surface area contributed by atoms with Gasteiger partial charge in [-0.3, -0.25) is 9.69 Å². The number of amides is 1. The normalized spacial score (nSPS) is 20.1. The average molecular weight is 300 g/mol. The summed E-state index contributed by atoms with van der Waals surface area (Å²) < 4.78 is 5.40. The van der Waals surface area contributed by atoms with Crippen molar-refractivity contribution in [3.05, 3.63) is 0 Å². The average Bonchev–Trinajstić information content (AvgIpc) is 2.33. The predicted octanol–water partition coefficient (Wildman–Crippen LogP) is 2.04. The smallest absolute Gasteiger partial charge is 0.410 e. The molecular weight excluding hydrogens is 272 g/mol. The molecule has 0 bridgehead atoms. The number of carboxylic acid groups (broad SMARTS) is 1. The number of hydrogen-bond acceptors (Lipinski definition) is 4. The molecule has 0 radical (unpaired) electrons. The second-order valence-electron chi connectivity index (χ2n) is 6.66. The van der Waals surface area contributed by atoms with E-state index in [9.17, 15) is 9.59 Å². The Kier molecular flexibility index (Phi) is 6.45. The van der Waals surface area contributed by atoms with Gasteiger partial charge in [0.15, 0.2) is 0 Å². The first-order valence-corrected chi connectivity index (χ1v) is 7.63.